The van der Waals surface area contributed by atoms with Crippen molar-refractivity contribution >= 4 is 23.2 Å². The number of carbonyl (C=O) groups is 1. The summed E-state index contributed by atoms with van der Waals surface area (Å²) in [5.74, 6) is -0.742. The standard InChI is InChI=1S/C17H20ClFN2O/c1-3-9-20-10-7-13(8-11-20)21(17(22)4-2)14-5-6-15(18)16(19)12-14/h3-6,12-13H,1-2,7-11H2. The van der Waals surface area contributed by atoms with Crippen LogP contribution in [0.15, 0.2) is 43.5 Å². The van der Waals surface area contributed by atoms with Gasteiger partial charge in [0, 0.05) is 31.4 Å². The Balaban J connectivity index is 2.20. The monoisotopic (exact) mass is 322 g/mol. The van der Waals surface area contributed by atoms with Gasteiger partial charge in [0.2, 0.25) is 0 Å². The van der Waals surface area contributed by atoms with E-state index < -0.39 is 5.82 Å². The normalized spacial score (nSPS) is 16.3. The number of carbonyl (C=O) groups excluding carboxylic acids is 1. The van der Waals surface area contributed by atoms with Gasteiger partial charge >= 0.3 is 0 Å². The number of hydrogen-bond donors (Lipinski definition) is 0. The predicted octanol–water partition coefficient (Wildman–Crippen LogP) is 3.65. The third kappa shape index (κ3) is 3.76. The highest BCUT2D eigenvalue weighted by Gasteiger charge is 2.28. The zero-order valence-electron chi connectivity index (χ0n) is 12.5. The lowest BCUT2D eigenvalue weighted by molar-refractivity contribution is -0.114. The Morgan fingerprint density at radius 2 is 2.09 bits per heavy atom. The van der Waals surface area contributed by atoms with Gasteiger partial charge in [0.15, 0.2) is 0 Å². The Hall–Kier alpha value is -1.65. The molecule has 0 saturated carbocycles. The maximum absolute atomic E-state index is 13.7. The van der Waals surface area contributed by atoms with Crippen molar-refractivity contribution in [2.24, 2.45) is 0 Å². The Morgan fingerprint density at radius 1 is 1.41 bits per heavy atom. The summed E-state index contributed by atoms with van der Waals surface area (Å²) in [6.07, 6.45) is 4.81. The molecule has 1 amide bonds. The summed E-state index contributed by atoms with van der Waals surface area (Å²) >= 11 is 5.72. The summed E-state index contributed by atoms with van der Waals surface area (Å²) in [6, 6.07) is 4.48. The number of amides is 1. The lowest BCUT2D eigenvalue weighted by atomic mass is 10.0. The average molecular weight is 323 g/mol. The van der Waals surface area contributed by atoms with E-state index in [4.69, 9.17) is 11.6 Å². The predicted molar refractivity (Wildman–Crippen MR) is 88.8 cm³/mol. The fourth-order valence-electron chi connectivity index (χ4n) is 2.79. The molecule has 0 spiro atoms. The molecule has 118 valence electrons. The summed E-state index contributed by atoms with van der Waals surface area (Å²) in [4.78, 5) is 16.1. The summed E-state index contributed by atoms with van der Waals surface area (Å²) < 4.78 is 13.7. The number of nitrogens with zero attached hydrogens (tertiary/aromatic N) is 2. The molecule has 0 aromatic heterocycles. The highest BCUT2D eigenvalue weighted by atomic mass is 35.5. The molecule has 2 rings (SSSR count). The second-order valence-corrected chi connectivity index (χ2v) is 5.74. The maximum Gasteiger partial charge on any atom is 0.250 e. The van der Waals surface area contributed by atoms with Crippen molar-refractivity contribution in [2.75, 3.05) is 24.5 Å². The van der Waals surface area contributed by atoms with Crippen molar-refractivity contribution in [1.82, 2.24) is 4.90 Å². The van der Waals surface area contributed by atoms with Crippen molar-refractivity contribution < 1.29 is 9.18 Å². The second-order valence-electron chi connectivity index (χ2n) is 5.33. The van der Waals surface area contributed by atoms with Gasteiger partial charge in [0.25, 0.3) is 5.91 Å². The van der Waals surface area contributed by atoms with Crippen molar-refractivity contribution in [3.8, 4) is 0 Å². The van der Waals surface area contributed by atoms with Gasteiger partial charge < -0.3 is 4.90 Å². The zero-order chi connectivity index (χ0) is 16.1. The number of hydrogen-bond acceptors (Lipinski definition) is 2. The number of piperidine rings is 1. The van der Waals surface area contributed by atoms with Crippen molar-refractivity contribution in [1.29, 1.82) is 0 Å². The van der Waals surface area contributed by atoms with Crippen LogP contribution in [-0.4, -0.2) is 36.5 Å². The fourth-order valence-corrected chi connectivity index (χ4v) is 2.91. The molecule has 1 fully saturated rings. The fraction of sp³-hybridized carbons (Fsp3) is 0.353. The van der Waals surface area contributed by atoms with Gasteiger partial charge in [0.1, 0.15) is 5.82 Å². The third-order valence-electron chi connectivity index (χ3n) is 3.90. The van der Waals surface area contributed by atoms with E-state index in [0.717, 1.165) is 32.5 Å². The van der Waals surface area contributed by atoms with Crippen LogP contribution in [0, 0.1) is 5.82 Å². The number of rotatable bonds is 5. The molecule has 1 aliphatic rings. The molecule has 0 aliphatic carbocycles. The molecule has 1 aromatic carbocycles. The topological polar surface area (TPSA) is 23.6 Å². The average Bonchev–Trinajstić information content (AvgIpc) is 2.52. The van der Waals surface area contributed by atoms with Crippen molar-refractivity contribution in [2.45, 2.75) is 18.9 Å². The highest BCUT2D eigenvalue weighted by molar-refractivity contribution is 6.30. The van der Waals surface area contributed by atoms with Crippen molar-refractivity contribution in [3.63, 3.8) is 0 Å². The summed E-state index contributed by atoms with van der Waals surface area (Å²) in [6.45, 7) is 9.90. The molecule has 1 heterocycles. The molecular weight excluding hydrogens is 303 g/mol. The van der Waals surface area contributed by atoms with Crippen LogP contribution in [0.3, 0.4) is 0 Å². The number of halogens is 2. The van der Waals surface area contributed by atoms with Gasteiger partial charge in [-0.05, 0) is 37.1 Å². The van der Waals surface area contributed by atoms with E-state index in [0.29, 0.717) is 5.69 Å². The number of likely N-dealkylation sites (tertiary alicyclic amines) is 1. The van der Waals surface area contributed by atoms with Crippen LogP contribution in [-0.2, 0) is 4.79 Å². The molecule has 5 heteroatoms. The van der Waals surface area contributed by atoms with Gasteiger partial charge in [-0.15, -0.1) is 6.58 Å². The quantitative estimate of drug-likeness (QED) is 0.610. The first-order chi connectivity index (χ1) is 10.6. The lowest BCUT2D eigenvalue weighted by Gasteiger charge is -2.38. The Morgan fingerprint density at radius 3 is 2.64 bits per heavy atom. The first kappa shape index (κ1) is 16.7. The van der Waals surface area contributed by atoms with E-state index in [1.165, 1.54) is 18.2 Å². The van der Waals surface area contributed by atoms with Crippen LogP contribution < -0.4 is 4.90 Å². The minimum Gasteiger partial charge on any atom is -0.306 e. The molecule has 0 bridgehead atoms. The van der Waals surface area contributed by atoms with E-state index in [1.807, 2.05) is 6.08 Å². The highest BCUT2D eigenvalue weighted by Crippen LogP contribution is 2.27. The Kier molecular flexibility index (Phi) is 5.75. The van der Waals surface area contributed by atoms with Crippen LogP contribution in [0.1, 0.15) is 12.8 Å². The van der Waals surface area contributed by atoms with Crippen LogP contribution >= 0.6 is 11.6 Å². The van der Waals surface area contributed by atoms with Gasteiger partial charge in [0.05, 0.1) is 5.02 Å². The SMILES string of the molecule is C=CCN1CCC(N(C(=O)C=C)c2ccc(Cl)c(F)c2)CC1. The molecule has 0 atom stereocenters. The van der Waals surface area contributed by atoms with Crippen molar-refractivity contribution in [3.05, 3.63) is 54.3 Å². The molecule has 0 radical (unpaired) electrons. The first-order valence-corrected chi connectivity index (χ1v) is 7.68. The molecule has 1 saturated heterocycles. The zero-order valence-corrected chi connectivity index (χ0v) is 13.2. The molecular formula is C17H20ClFN2O. The lowest BCUT2D eigenvalue weighted by Crippen LogP contribution is -2.47. The number of anilines is 1. The molecule has 1 aliphatic heterocycles. The van der Waals surface area contributed by atoms with Crippen LogP contribution in [0.2, 0.25) is 5.02 Å². The summed E-state index contributed by atoms with van der Waals surface area (Å²) in [7, 11) is 0. The largest absolute Gasteiger partial charge is 0.306 e. The molecule has 1 aromatic rings. The van der Waals surface area contributed by atoms with Gasteiger partial charge in [-0.3, -0.25) is 9.69 Å². The minimum atomic E-state index is -0.523. The van der Waals surface area contributed by atoms with Gasteiger partial charge in [-0.25, -0.2) is 4.39 Å². The van der Waals surface area contributed by atoms with E-state index >= 15 is 0 Å². The second kappa shape index (κ2) is 7.56. The molecule has 0 N–H and O–H groups in total. The maximum atomic E-state index is 13.7. The van der Waals surface area contributed by atoms with Gasteiger partial charge in [-0.2, -0.15) is 0 Å². The van der Waals surface area contributed by atoms with Crippen LogP contribution in [0.4, 0.5) is 10.1 Å². The van der Waals surface area contributed by atoms with E-state index in [2.05, 4.69) is 18.1 Å². The van der Waals surface area contributed by atoms with E-state index in [9.17, 15) is 9.18 Å². The van der Waals surface area contributed by atoms with Gasteiger partial charge in [-0.1, -0.05) is 24.3 Å². The Labute approximate surface area is 135 Å². The molecule has 0 unspecified atom stereocenters. The first-order valence-electron chi connectivity index (χ1n) is 7.30. The van der Waals surface area contributed by atoms with Crippen LogP contribution in [0.5, 0.6) is 0 Å². The van der Waals surface area contributed by atoms with Crippen LogP contribution in [0.25, 0.3) is 0 Å². The van der Waals surface area contributed by atoms with E-state index in [1.54, 1.807) is 11.0 Å². The summed E-state index contributed by atoms with van der Waals surface area (Å²) in [5.41, 5.74) is 0.522. The molecule has 3 nitrogen and oxygen atoms in total. The minimum absolute atomic E-state index is 0.0344. The molecule has 22 heavy (non-hydrogen) atoms. The van der Waals surface area contributed by atoms with E-state index in [-0.39, 0.29) is 17.0 Å². The number of benzene rings is 1. The Bertz CT molecular complexity index is 568. The third-order valence-corrected chi connectivity index (χ3v) is 4.21. The smallest absolute Gasteiger partial charge is 0.250 e. The summed E-state index contributed by atoms with van der Waals surface area (Å²) in [5, 5.41) is 0.0514.